The van der Waals surface area contributed by atoms with E-state index in [0.717, 1.165) is 13.0 Å². The van der Waals surface area contributed by atoms with Crippen LogP contribution >= 0.6 is 0 Å². The average Bonchev–Trinajstić information content (AvgIpc) is 2.57. The van der Waals surface area contributed by atoms with Gasteiger partial charge in [-0.1, -0.05) is 45.0 Å². The minimum atomic E-state index is 0.171. The molecule has 0 unspecified atom stereocenters. The van der Waals surface area contributed by atoms with Crippen LogP contribution in [0.25, 0.3) is 0 Å². The quantitative estimate of drug-likeness (QED) is 0.693. The number of hydrogen-bond donors (Lipinski definition) is 0. The van der Waals surface area contributed by atoms with Crippen LogP contribution in [-0.2, 0) is 12.0 Å². The maximum absolute atomic E-state index is 2.61. The van der Waals surface area contributed by atoms with E-state index in [0.29, 0.717) is 0 Å². The third-order valence-corrected chi connectivity index (χ3v) is 5.77. The van der Waals surface area contributed by atoms with Crippen LogP contribution in [0.3, 0.4) is 0 Å². The molecule has 0 amide bonds. The van der Waals surface area contributed by atoms with Crippen LogP contribution in [0, 0.1) is 0 Å². The lowest BCUT2D eigenvalue weighted by atomic mass is 9.86. The number of benzene rings is 1. The fourth-order valence-electron chi connectivity index (χ4n) is 3.95. The van der Waals surface area contributed by atoms with Crippen molar-refractivity contribution in [2.45, 2.75) is 77.8 Å². The molecule has 2 heteroatoms. The molecule has 0 radical (unpaired) electrons. The molecule has 0 aromatic heterocycles. The largest absolute Gasteiger partial charge is 0.374 e. The number of nitrogens with zero attached hydrogens (tertiary/aromatic N) is 2. The zero-order valence-electron chi connectivity index (χ0n) is 16.8. The smallest absolute Gasteiger partial charge is 0.168 e. The van der Waals surface area contributed by atoms with Gasteiger partial charge in [0.15, 0.2) is 18.3 Å². The monoisotopic (exact) mass is 339 g/mol. The molecule has 1 saturated heterocycles. The van der Waals surface area contributed by atoms with Crippen molar-refractivity contribution in [2.75, 3.05) is 13.1 Å². The number of likely N-dealkylation sites (tertiary alicyclic amines) is 1. The van der Waals surface area contributed by atoms with Crippen molar-refractivity contribution in [3.63, 3.8) is 0 Å². The second-order valence-corrected chi connectivity index (χ2v) is 9.42. The van der Waals surface area contributed by atoms with Gasteiger partial charge in [0.05, 0.1) is 6.42 Å². The van der Waals surface area contributed by atoms with Crippen LogP contribution in [0.2, 0.25) is 0 Å². The summed E-state index contributed by atoms with van der Waals surface area (Å²) in [5.41, 5.74) is 4.73. The number of hydrogen-bond acceptors (Lipinski definition) is 1. The van der Waals surface area contributed by atoms with Crippen LogP contribution in [0.4, 0.5) is 0 Å². The third kappa shape index (κ3) is 4.34. The first-order chi connectivity index (χ1) is 11.8. The van der Waals surface area contributed by atoms with E-state index < -0.39 is 0 Å². The summed E-state index contributed by atoms with van der Waals surface area (Å²) < 4.78 is 2.51. The zero-order valence-corrected chi connectivity index (χ0v) is 16.8. The van der Waals surface area contributed by atoms with Crippen LogP contribution in [0.1, 0.15) is 71.4 Å². The number of piperidine rings is 1. The van der Waals surface area contributed by atoms with Crippen molar-refractivity contribution in [1.29, 1.82) is 0 Å². The lowest BCUT2D eigenvalue weighted by Crippen LogP contribution is -2.43. The molecule has 3 rings (SSSR count). The van der Waals surface area contributed by atoms with Gasteiger partial charge in [-0.25, -0.2) is 4.58 Å². The van der Waals surface area contributed by atoms with E-state index in [-0.39, 0.29) is 11.0 Å². The predicted octanol–water partition coefficient (Wildman–Crippen LogP) is 5.12. The first kappa shape index (κ1) is 18.2. The summed E-state index contributed by atoms with van der Waals surface area (Å²) in [5, 5.41) is 0. The van der Waals surface area contributed by atoms with Gasteiger partial charge in [-0.05, 0) is 30.2 Å². The summed E-state index contributed by atoms with van der Waals surface area (Å²) >= 11 is 0. The van der Waals surface area contributed by atoms with Gasteiger partial charge in [-0.2, -0.15) is 0 Å². The van der Waals surface area contributed by atoms with Crippen molar-refractivity contribution < 1.29 is 4.58 Å². The van der Waals surface area contributed by atoms with E-state index in [1.807, 2.05) is 0 Å². The Balaban J connectivity index is 1.74. The maximum Gasteiger partial charge on any atom is 0.168 e. The minimum Gasteiger partial charge on any atom is -0.374 e. The summed E-state index contributed by atoms with van der Waals surface area (Å²) in [6.45, 7) is 15.0. The molecular weight excluding hydrogens is 304 g/mol. The van der Waals surface area contributed by atoms with Crippen molar-refractivity contribution in [1.82, 2.24) is 4.90 Å². The Labute approximate surface area is 154 Å². The van der Waals surface area contributed by atoms with Crippen molar-refractivity contribution >= 4 is 6.21 Å². The van der Waals surface area contributed by atoms with Crippen molar-refractivity contribution in [3.8, 4) is 0 Å². The zero-order chi connectivity index (χ0) is 18.1. The highest BCUT2D eigenvalue weighted by atomic mass is 15.2. The van der Waals surface area contributed by atoms with E-state index in [1.54, 1.807) is 0 Å². The van der Waals surface area contributed by atoms with Gasteiger partial charge < -0.3 is 4.90 Å². The Morgan fingerprint density at radius 1 is 1.00 bits per heavy atom. The molecule has 1 aromatic carbocycles. The fraction of sp³-hybridized carbons (Fsp3) is 0.609. The molecule has 0 aliphatic carbocycles. The summed E-state index contributed by atoms with van der Waals surface area (Å²) in [4.78, 5) is 2.61. The van der Waals surface area contributed by atoms with Crippen LogP contribution < -0.4 is 0 Å². The molecule has 0 saturated carbocycles. The molecule has 2 nitrogen and oxygen atoms in total. The van der Waals surface area contributed by atoms with Gasteiger partial charge in [0, 0.05) is 44.3 Å². The topological polar surface area (TPSA) is 6.25 Å². The molecule has 1 aromatic rings. The summed E-state index contributed by atoms with van der Waals surface area (Å²) in [5.74, 6) is 0. The molecule has 2 aliphatic rings. The molecule has 1 fully saturated rings. The summed E-state index contributed by atoms with van der Waals surface area (Å²) in [6.07, 6.45) is 9.92. The summed E-state index contributed by atoms with van der Waals surface area (Å²) in [6, 6.07) is 9.19. The molecule has 0 atom stereocenters. The Kier molecular flexibility index (Phi) is 5.09. The van der Waals surface area contributed by atoms with Gasteiger partial charge in [-0.15, -0.1) is 0 Å². The Morgan fingerprint density at radius 2 is 1.64 bits per heavy atom. The Hall–Kier alpha value is -1.57. The normalized spacial score (nSPS) is 20.9. The van der Waals surface area contributed by atoms with E-state index >= 15 is 0 Å². The third-order valence-electron chi connectivity index (χ3n) is 5.77. The lowest BCUT2D eigenvalue weighted by molar-refractivity contribution is -0.612. The SMILES string of the molecule is CC(C)(C)c1ccc(C[N+]2=CC=C(N3CCCCC3)CC2(C)C)cc1. The highest BCUT2D eigenvalue weighted by molar-refractivity contribution is 5.68. The molecule has 2 aliphatic heterocycles. The van der Waals surface area contributed by atoms with E-state index in [9.17, 15) is 0 Å². The predicted molar refractivity (Wildman–Crippen MR) is 107 cm³/mol. The van der Waals surface area contributed by atoms with Crippen LogP contribution in [-0.4, -0.2) is 34.3 Å². The van der Waals surface area contributed by atoms with Gasteiger partial charge in [0.2, 0.25) is 0 Å². The summed E-state index contributed by atoms with van der Waals surface area (Å²) in [7, 11) is 0. The molecule has 25 heavy (non-hydrogen) atoms. The molecular formula is C23H35N2+. The maximum atomic E-state index is 2.61. The van der Waals surface area contributed by atoms with E-state index in [2.05, 4.69) is 80.7 Å². The van der Waals surface area contributed by atoms with Crippen molar-refractivity contribution in [2.24, 2.45) is 0 Å². The van der Waals surface area contributed by atoms with Gasteiger partial charge in [0.25, 0.3) is 0 Å². The first-order valence-corrected chi connectivity index (χ1v) is 9.91. The van der Waals surface area contributed by atoms with Crippen molar-refractivity contribution in [3.05, 3.63) is 47.2 Å². The first-order valence-electron chi connectivity index (χ1n) is 9.91. The van der Waals surface area contributed by atoms with E-state index in [4.69, 9.17) is 0 Å². The molecule has 2 heterocycles. The van der Waals surface area contributed by atoms with Gasteiger partial charge in [-0.3, -0.25) is 0 Å². The molecule has 0 spiro atoms. The average molecular weight is 340 g/mol. The van der Waals surface area contributed by atoms with E-state index in [1.165, 1.54) is 49.2 Å². The number of rotatable bonds is 3. The molecule has 0 N–H and O–H groups in total. The van der Waals surface area contributed by atoms with Crippen LogP contribution in [0.5, 0.6) is 0 Å². The Morgan fingerprint density at radius 3 is 2.20 bits per heavy atom. The Bertz CT molecular complexity index is 650. The fourth-order valence-corrected chi connectivity index (χ4v) is 3.95. The van der Waals surface area contributed by atoms with Crippen LogP contribution in [0.15, 0.2) is 36.0 Å². The second-order valence-electron chi connectivity index (χ2n) is 9.42. The highest BCUT2D eigenvalue weighted by Gasteiger charge is 2.35. The lowest BCUT2D eigenvalue weighted by Gasteiger charge is -2.36. The van der Waals surface area contributed by atoms with Gasteiger partial charge >= 0.3 is 0 Å². The number of allylic oxidation sites excluding steroid dienone is 1. The second kappa shape index (κ2) is 6.97. The highest BCUT2D eigenvalue weighted by Crippen LogP contribution is 2.29. The van der Waals surface area contributed by atoms with Gasteiger partial charge in [0.1, 0.15) is 0 Å². The standard InChI is InChI=1S/C23H35N2/c1-22(2,3)20-11-9-19(10-12-20)18-25-16-13-21(17-23(25,4)5)24-14-7-6-8-15-24/h9-13,16H,6-8,14-15,17-18H2,1-5H3/q+1. The molecule has 0 bridgehead atoms. The minimum absolute atomic E-state index is 0.171. The molecule has 136 valence electrons.